The van der Waals surface area contributed by atoms with Crippen molar-refractivity contribution in [2.45, 2.75) is 0 Å². The van der Waals surface area contributed by atoms with Crippen molar-refractivity contribution in [3.63, 3.8) is 0 Å². The van der Waals surface area contributed by atoms with Crippen LogP contribution in [0.2, 0.25) is 0 Å². The van der Waals surface area contributed by atoms with E-state index in [1.54, 1.807) is 0 Å². The monoisotopic (exact) mass is 228 g/mol. The maximum Gasteiger partial charge on any atom is -0.0111 e. The van der Waals surface area contributed by atoms with E-state index in [-0.39, 0.29) is 0 Å². The van der Waals surface area contributed by atoms with E-state index < -0.39 is 0 Å². The minimum absolute atomic E-state index is 1.33. The molecule has 4 rings (SSSR count). The second kappa shape index (κ2) is 3.58. The topological polar surface area (TPSA) is 0 Å². The predicted molar refractivity (Wildman–Crippen MR) is 77.8 cm³/mol. The Morgan fingerprint density at radius 3 is 1.44 bits per heavy atom. The van der Waals surface area contributed by atoms with Gasteiger partial charge in [0.05, 0.1) is 0 Å². The van der Waals surface area contributed by atoms with Gasteiger partial charge in [0.1, 0.15) is 0 Å². The molecule has 0 fully saturated rings. The molecule has 0 radical (unpaired) electrons. The SMILES string of the molecule is C1=C(/C=C/C2=Cc3ccccc32)c2ccccc21. The Labute approximate surface area is 107 Å². The molecule has 2 aliphatic rings. The first kappa shape index (κ1) is 9.67. The summed E-state index contributed by atoms with van der Waals surface area (Å²) in [5, 5.41) is 0. The standard InChI is InChI=1S/C18H12/c1-3-7-17-13(5-1)11-15(17)9-10-16-12-14-6-2-4-8-18(14)16/h1-12H/b10-9+. The van der Waals surface area contributed by atoms with Gasteiger partial charge in [0, 0.05) is 0 Å². The second-order valence-electron chi connectivity index (χ2n) is 4.71. The Bertz CT molecular complexity index is 664. The van der Waals surface area contributed by atoms with Crippen LogP contribution in [0.5, 0.6) is 0 Å². The summed E-state index contributed by atoms with van der Waals surface area (Å²) in [4.78, 5) is 0. The fourth-order valence-electron chi connectivity index (χ4n) is 2.56. The Kier molecular flexibility index (Phi) is 1.92. The van der Waals surface area contributed by atoms with Crippen LogP contribution in [0.4, 0.5) is 0 Å². The van der Waals surface area contributed by atoms with Gasteiger partial charge in [-0.05, 0) is 45.6 Å². The Morgan fingerprint density at radius 1 is 0.556 bits per heavy atom. The van der Waals surface area contributed by atoms with Crippen LogP contribution in [-0.2, 0) is 0 Å². The van der Waals surface area contributed by atoms with E-state index in [0.717, 1.165) is 0 Å². The van der Waals surface area contributed by atoms with E-state index in [1.807, 2.05) is 0 Å². The van der Waals surface area contributed by atoms with Crippen LogP contribution >= 0.6 is 0 Å². The van der Waals surface area contributed by atoms with E-state index >= 15 is 0 Å². The summed E-state index contributed by atoms with van der Waals surface area (Å²) in [6.07, 6.45) is 8.89. The number of fused-ring (bicyclic) bond motifs is 2. The van der Waals surface area contributed by atoms with E-state index in [9.17, 15) is 0 Å². The van der Waals surface area contributed by atoms with Crippen molar-refractivity contribution < 1.29 is 0 Å². The van der Waals surface area contributed by atoms with Crippen LogP contribution in [0.15, 0.2) is 60.7 Å². The average Bonchev–Trinajstić information content (AvgIpc) is 2.35. The normalized spacial score (nSPS) is 15.1. The lowest BCUT2D eigenvalue weighted by molar-refractivity contribution is 1.52. The molecule has 0 spiro atoms. The van der Waals surface area contributed by atoms with Crippen molar-refractivity contribution in [2.75, 3.05) is 0 Å². The van der Waals surface area contributed by atoms with Crippen molar-refractivity contribution in [3.05, 3.63) is 82.9 Å². The van der Waals surface area contributed by atoms with Gasteiger partial charge >= 0.3 is 0 Å². The molecule has 0 aromatic heterocycles. The Balaban J connectivity index is 1.58. The average molecular weight is 228 g/mol. The highest BCUT2D eigenvalue weighted by Crippen LogP contribution is 2.36. The number of benzene rings is 2. The molecule has 0 bridgehead atoms. The summed E-state index contributed by atoms with van der Waals surface area (Å²) in [7, 11) is 0. The minimum Gasteiger partial charge on any atom is -0.0616 e. The van der Waals surface area contributed by atoms with Gasteiger partial charge in [-0.2, -0.15) is 0 Å². The lowest BCUT2D eigenvalue weighted by Gasteiger charge is -2.19. The predicted octanol–water partition coefficient (Wildman–Crippen LogP) is 4.65. The summed E-state index contributed by atoms with van der Waals surface area (Å²) in [6, 6.07) is 17.0. The van der Waals surface area contributed by atoms with Crippen LogP contribution in [0.3, 0.4) is 0 Å². The molecule has 0 saturated heterocycles. The van der Waals surface area contributed by atoms with Crippen LogP contribution in [-0.4, -0.2) is 0 Å². The highest BCUT2D eigenvalue weighted by atomic mass is 14.2. The van der Waals surface area contributed by atoms with Gasteiger partial charge in [-0.1, -0.05) is 60.7 Å². The molecule has 18 heavy (non-hydrogen) atoms. The lowest BCUT2D eigenvalue weighted by Crippen LogP contribution is -1.98. The molecule has 0 aliphatic heterocycles. The third-order valence-electron chi connectivity index (χ3n) is 3.61. The van der Waals surface area contributed by atoms with Gasteiger partial charge in [-0.25, -0.2) is 0 Å². The minimum atomic E-state index is 1.33. The molecular weight excluding hydrogens is 216 g/mol. The van der Waals surface area contributed by atoms with Crippen LogP contribution in [0.1, 0.15) is 22.3 Å². The van der Waals surface area contributed by atoms with E-state index in [2.05, 4.69) is 72.8 Å². The van der Waals surface area contributed by atoms with E-state index in [1.165, 1.54) is 33.4 Å². The number of rotatable bonds is 2. The molecule has 0 heterocycles. The largest absolute Gasteiger partial charge is 0.0616 e. The maximum absolute atomic E-state index is 2.23. The summed E-state index contributed by atoms with van der Waals surface area (Å²) >= 11 is 0. The van der Waals surface area contributed by atoms with Crippen LogP contribution < -0.4 is 0 Å². The summed E-state index contributed by atoms with van der Waals surface area (Å²) < 4.78 is 0. The molecule has 2 aromatic rings. The first-order chi connectivity index (χ1) is 8.92. The van der Waals surface area contributed by atoms with Crippen LogP contribution in [0.25, 0.3) is 23.3 Å². The molecule has 0 unspecified atom stereocenters. The Hall–Kier alpha value is -2.34. The lowest BCUT2D eigenvalue weighted by atomic mass is 9.85. The van der Waals surface area contributed by atoms with Crippen molar-refractivity contribution in [3.8, 4) is 0 Å². The summed E-state index contributed by atoms with van der Waals surface area (Å²) in [5.41, 5.74) is 8.08. The van der Waals surface area contributed by atoms with E-state index in [0.29, 0.717) is 0 Å². The molecular formula is C18H12. The molecule has 0 heteroatoms. The first-order valence-electron chi connectivity index (χ1n) is 6.22. The van der Waals surface area contributed by atoms with Gasteiger partial charge in [0.2, 0.25) is 0 Å². The summed E-state index contributed by atoms with van der Waals surface area (Å²) in [5.74, 6) is 0. The van der Waals surface area contributed by atoms with Crippen molar-refractivity contribution in [1.29, 1.82) is 0 Å². The zero-order valence-electron chi connectivity index (χ0n) is 9.93. The third-order valence-corrected chi connectivity index (χ3v) is 3.61. The van der Waals surface area contributed by atoms with Crippen LogP contribution in [0, 0.1) is 0 Å². The van der Waals surface area contributed by atoms with Gasteiger partial charge in [0.15, 0.2) is 0 Å². The molecule has 2 aromatic carbocycles. The number of hydrogen-bond donors (Lipinski definition) is 0. The molecule has 0 amide bonds. The molecule has 0 nitrogen and oxygen atoms in total. The molecule has 0 N–H and O–H groups in total. The molecule has 0 saturated carbocycles. The molecule has 0 atom stereocenters. The highest BCUT2D eigenvalue weighted by molar-refractivity contribution is 6.04. The zero-order valence-corrected chi connectivity index (χ0v) is 9.93. The molecule has 2 aliphatic carbocycles. The number of hydrogen-bond acceptors (Lipinski definition) is 0. The van der Waals surface area contributed by atoms with Gasteiger partial charge in [-0.3, -0.25) is 0 Å². The maximum atomic E-state index is 2.23. The molecule has 84 valence electrons. The van der Waals surface area contributed by atoms with Crippen molar-refractivity contribution >= 4 is 23.3 Å². The fourth-order valence-corrected chi connectivity index (χ4v) is 2.56. The van der Waals surface area contributed by atoms with Crippen molar-refractivity contribution in [1.82, 2.24) is 0 Å². The quantitative estimate of drug-likeness (QED) is 0.701. The second-order valence-corrected chi connectivity index (χ2v) is 4.71. The Morgan fingerprint density at radius 2 is 1.00 bits per heavy atom. The van der Waals surface area contributed by atoms with Gasteiger partial charge < -0.3 is 0 Å². The van der Waals surface area contributed by atoms with Crippen molar-refractivity contribution in [2.24, 2.45) is 0 Å². The fraction of sp³-hybridized carbons (Fsp3) is 0. The summed E-state index contributed by atoms with van der Waals surface area (Å²) in [6.45, 7) is 0. The van der Waals surface area contributed by atoms with Gasteiger partial charge in [-0.15, -0.1) is 0 Å². The van der Waals surface area contributed by atoms with E-state index in [4.69, 9.17) is 0 Å². The zero-order chi connectivity index (χ0) is 11.9. The first-order valence-corrected chi connectivity index (χ1v) is 6.22. The third kappa shape index (κ3) is 1.32. The van der Waals surface area contributed by atoms with Gasteiger partial charge in [0.25, 0.3) is 0 Å². The smallest absolute Gasteiger partial charge is 0.0111 e. The number of allylic oxidation sites excluding steroid dienone is 4. The highest BCUT2D eigenvalue weighted by Gasteiger charge is 2.15.